The molecule has 0 N–H and O–H groups in total. The molecule has 1 aliphatic rings. The average Bonchev–Trinajstić information content (AvgIpc) is 2.65. The van der Waals surface area contributed by atoms with Crippen molar-refractivity contribution in [3.8, 4) is 5.75 Å². The van der Waals surface area contributed by atoms with Gasteiger partial charge in [0.15, 0.2) is 6.10 Å². The summed E-state index contributed by atoms with van der Waals surface area (Å²) in [6.45, 7) is -0.0338. The summed E-state index contributed by atoms with van der Waals surface area (Å²) in [6.07, 6.45) is -5.37. The third-order valence-electron chi connectivity index (χ3n) is 4.19. The van der Waals surface area contributed by atoms with Crippen LogP contribution in [0.4, 0.5) is 18.9 Å². The van der Waals surface area contributed by atoms with Crippen LogP contribution in [0.5, 0.6) is 5.75 Å². The van der Waals surface area contributed by atoms with Gasteiger partial charge in [-0.05, 0) is 36.4 Å². The zero-order valence-corrected chi connectivity index (χ0v) is 14.7. The van der Waals surface area contributed by atoms with Crippen LogP contribution >= 0.6 is 0 Å². The highest BCUT2D eigenvalue weighted by Crippen LogP contribution is 2.35. The van der Waals surface area contributed by atoms with E-state index in [1.807, 2.05) is 0 Å². The number of alkyl halides is 3. The van der Waals surface area contributed by atoms with E-state index in [1.54, 1.807) is 38.4 Å². The molecule has 0 radical (unpaired) electrons. The van der Waals surface area contributed by atoms with Gasteiger partial charge in [-0.25, -0.2) is 0 Å². The van der Waals surface area contributed by atoms with Crippen molar-refractivity contribution < 1.29 is 27.5 Å². The predicted molar refractivity (Wildman–Crippen MR) is 92.7 cm³/mol. The summed E-state index contributed by atoms with van der Waals surface area (Å²) in [5, 5.41) is 0. The van der Waals surface area contributed by atoms with Crippen LogP contribution < -0.4 is 9.64 Å². The number of rotatable bonds is 2. The van der Waals surface area contributed by atoms with Crippen LogP contribution in [0.1, 0.15) is 15.9 Å². The van der Waals surface area contributed by atoms with E-state index in [0.29, 0.717) is 11.4 Å². The van der Waals surface area contributed by atoms with E-state index >= 15 is 0 Å². The molecule has 0 bridgehead atoms. The molecule has 0 saturated carbocycles. The minimum absolute atomic E-state index is 0.0338. The first-order valence-electron chi connectivity index (χ1n) is 8.14. The van der Waals surface area contributed by atoms with Gasteiger partial charge in [-0.15, -0.1) is 0 Å². The minimum atomic E-state index is -4.48. The summed E-state index contributed by atoms with van der Waals surface area (Å²) < 4.78 is 43.9. The molecule has 0 aromatic heterocycles. The fourth-order valence-electron chi connectivity index (χ4n) is 2.80. The largest absolute Gasteiger partial charge is 0.476 e. The standard InChI is InChI=1S/C19H17F3N2O3/c1-23(2)18(26)16-11-24(14-5-3-4-6-15(14)27-16)17(25)12-7-9-13(10-8-12)19(20,21)22/h3-10,16H,11H2,1-2H3/t16-/m0/s1. The van der Waals surface area contributed by atoms with Crippen molar-refractivity contribution in [1.82, 2.24) is 4.90 Å². The van der Waals surface area contributed by atoms with Gasteiger partial charge in [-0.1, -0.05) is 12.1 Å². The molecule has 1 atom stereocenters. The highest BCUT2D eigenvalue weighted by atomic mass is 19.4. The van der Waals surface area contributed by atoms with Gasteiger partial charge in [0, 0.05) is 19.7 Å². The Bertz CT molecular complexity index is 863. The monoisotopic (exact) mass is 378 g/mol. The van der Waals surface area contributed by atoms with Crippen LogP contribution in [0.2, 0.25) is 0 Å². The number of carbonyl (C=O) groups is 2. The zero-order chi connectivity index (χ0) is 19.8. The van der Waals surface area contributed by atoms with Gasteiger partial charge < -0.3 is 14.5 Å². The van der Waals surface area contributed by atoms with Crippen LogP contribution in [0, 0.1) is 0 Å². The predicted octanol–water partition coefficient (Wildman–Crippen LogP) is 3.20. The molecule has 1 aliphatic heterocycles. The molecule has 142 valence electrons. The summed E-state index contributed by atoms with van der Waals surface area (Å²) in [5.74, 6) is -0.449. The Hall–Kier alpha value is -3.03. The van der Waals surface area contributed by atoms with E-state index < -0.39 is 23.8 Å². The molecule has 0 saturated heterocycles. The second-order valence-corrected chi connectivity index (χ2v) is 6.30. The number of benzene rings is 2. The molecule has 3 rings (SSSR count). The fraction of sp³-hybridized carbons (Fsp3) is 0.263. The fourth-order valence-corrected chi connectivity index (χ4v) is 2.80. The molecule has 2 aromatic rings. The lowest BCUT2D eigenvalue weighted by Gasteiger charge is -2.35. The molecule has 0 aliphatic carbocycles. The molecule has 5 nitrogen and oxygen atoms in total. The molecule has 2 aromatic carbocycles. The van der Waals surface area contributed by atoms with Crippen molar-refractivity contribution in [2.45, 2.75) is 12.3 Å². The van der Waals surface area contributed by atoms with E-state index in [9.17, 15) is 22.8 Å². The second kappa shape index (κ2) is 6.94. The summed E-state index contributed by atoms with van der Waals surface area (Å²) in [5.41, 5.74) is -0.275. The number of fused-ring (bicyclic) bond motifs is 1. The van der Waals surface area contributed by atoms with Crippen molar-refractivity contribution in [3.05, 3.63) is 59.7 Å². The number of anilines is 1. The number of halogens is 3. The number of nitrogens with zero attached hydrogens (tertiary/aromatic N) is 2. The van der Waals surface area contributed by atoms with E-state index in [1.165, 1.54) is 9.80 Å². The lowest BCUT2D eigenvalue weighted by atomic mass is 10.1. The molecule has 0 spiro atoms. The van der Waals surface area contributed by atoms with Gasteiger partial charge in [0.2, 0.25) is 0 Å². The molecular formula is C19H17F3N2O3. The highest BCUT2D eigenvalue weighted by molar-refractivity contribution is 6.07. The lowest BCUT2D eigenvalue weighted by Crippen LogP contribution is -2.50. The zero-order valence-electron chi connectivity index (χ0n) is 14.7. The number of likely N-dealkylation sites (N-methyl/N-ethyl adjacent to an activating group) is 1. The molecule has 0 unspecified atom stereocenters. The van der Waals surface area contributed by atoms with Crippen molar-refractivity contribution in [2.75, 3.05) is 25.5 Å². The first-order chi connectivity index (χ1) is 12.7. The van der Waals surface area contributed by atoms with E-state index in [4.69, 9.17) is 4.74 Å². The molecule has 2 amide bonds. The highest BCUT2D eigenvalue weighted by Gasteiger charge is 2.35. The van der Waals surface area contributed by atoms with Gasteiger partial charge in [0.25, 0.3) is 11.8 Å². The maximum atomic E-state index is 12.9. The maximum Gasteiger partial charge on any atom is 0.416 e. The van der Waals surface area contributed by atoms with Crippen LogP contribution in [-0.2, 0) is 11.0 Å². The van der Waals surface area contributed by atoms with E-state index in [2.05, 4.69) is 0 Å². The van der Waals surface area contributed by atoms with E-state index in [-0.39, 0.29) is 18.0 Å². The van der Waals surface area contributed by atoms with Crippen LogP contribution in [0.15, 0.2) is 48.5 Å². The topological polar surface area (TPSA) is 49.9 Å². The summed E-state index contributed by atoms with van der Waals surface area (Å²) in [6, 6.07) is 10.7. The summed E-state index contributed by atoms with van der Waals surface area (Å²) in [7, 11) is 3.16. The smallest absolute Gasteiger partial charge is 0.416 e. The Morgan fingerprint density at radius 3 is 2.30 bits per heavy atom. The Balaban J connectivity index is 1.94. The molecule has 8 heteroatoms. The molecule has 0 fully saturated rings. The number of ether oxygens (including phenoxy) is 1. The average molecular weight is 378 g/mol. The Morgan fingerprint density at radius 2 is 1.70 bits per heavy atom. The number of hydrogen-bond acceptors (Lipinski definition) is 3. The van der Waals surface area contributed by atoms with Crippen LogP contribution in [0.25, 0.3) is 0 Å². The van der Waals surface area contributed by atoms with Gasteiger partial charge in [0.05, 0.1) is 17.8 Å². The van der Waals surface area contributed by atoms with Crippen LogP contribution in [-0.4, -0.2) is 43.5 Å². The number of para-hydroxylation sites is 2. The number of amides is 2. The normalized spacial score (nSPS) is 16.3. The lowest BCUT2D eigenvalue weighted by molar-refractivity contribution is -0.137. The maximum absolute atomic E-state index is 12.9. The van der Waals surface area contributed by atoms with Crippen molar-refractivity contribution in [3.63, 3.8) is 0 Å². The summed E-state index contributed by atoms with van der Waals surface area (Å²) >= 11 is 0. The molecule has 1 heterocycles. The molecular weight excluding hydrogens is 361 g/mol. The van der Waals surface area contributed by atoms with Crippen molar-refractivity contribution >= 4 is 17.5 Å². The third kappa shape index (κ3) is 3.74. The van der Waals surface area contributed by atoms with E-state index in [0.717, 1.165) is 24.3 Å². The Morgan fingerprint density at radius 1 is 1.07 bits per heavy atom. The van der Waals surface area contributed by atoms with Crippen molar-refractivity contribution in [2.24, 2.45) is 0 Å². The van der Waals surface area contributed by atoms with Gasteiger partial charge in [-0.3, -0.25) is 9.59 Å². The second-order valence-electron chi connectivity index (χ2n) is 6.30. The molecule has 27 heavy (non-hydrogen) atoms. The van der Waals surface area contributed by atoms with Gasteiger partial charge in [-0.2, -0.15) is 13.2 Å². The van der Waals surface area contributed by atoms with Crippen molar-refractivity contribution in [1.29, 1.82) is 0 Å². The number of carbonyl (C=O) groups excluding carboxylic acids is 2. The van der Waals surface area contributed by atoms with Gasteiger partial charge >= 0.3 is 6.18 Å². The summed E-state index contributed by atoms with van der Waals surface area (Å²) in [4.78, 5) is 27.9. The Kier molecular flexibility index (Phi) is 4.82. The minimum Gasteiger partial charge on any atom is -0.476 e. The van der Waals surface area contributed by atoms with Crippen LogP contribution in [0.3, 0.4) is 0 Å². The first-order valence-corrected chi connectivity index (χ1v) is 8.14. The van der Waals surface area contributed by atoms with Gasteiger partial charge in [0.1, 0.15) is 5.75 Å². The Labute approximate surface area is 153 Å². The SMILES string of the molecule is CN(C)C(=O)[C@@H]1CN(C(=O)c2ccc(C(F)(F)F)cc2)c2ccccc2O1. The quantitative estimate of drug-likeness (QED) is 0.807. The first kappa shape index (κ1) is 18.8. The number of hydrogen-bond donors (Lipinski definition) is 0. The third-order valence-corrected chi connectivity index (χ3v) is 4.19.